The third kappa shape index (κ3) is 4.28. The Kier molecular flexibility index (Phi) is 5.03. The standard InChI is InChI=1S/C15H21N3O4S/c1-15(2,3)9-16-13(19)10-5-4-8-17(10)14(20)11-6-7-12(23-11)18(21)22/h6-7,10H,4-5,8-9H2,1-3H3,(H,16,19)/t10-/m0/s1. The maximum Gasteiger partial charge on any atom is 0.324 e. The van der Waals surface area contributed by atoms with Gasteiger partial charge in [0.05, 0.1) is 9.80 Å². The highest BCUT2D eigenvalue weighted by atomic mass is 32.1. The molecular weight excluding hydrogens is 318 g/mol. The normalized spacial score (nSPS) is 18.0. The Bertz CT molecular complexity index is 620. The Balaban J connectivity index is 2.06. The minimum atomic E-state index is -0.515. The van der Waals surface area contributed by atoms with E-state index in [9.17, 15) is 19.7 Å². The zero-order valence-corrected chi connectivity index (χ0v) is 14.3. The fourth-order valence-corrected chi connectivity index (χ4v) is 3.21. The average Bonchev–Trinajstić information content (AvgIpc) is 3.11. The molecule has 0 bridgehead atoms. The van der Waals surface area contributed by atoms with Crippen LogP contribution in [0, 0.1) is 15.5 Å². The third-order valence-corrected chi connectivity index (χ3v) is 4.62. The predicted octanol–water partition coefficient (Wildman–Crippen LogP) is 2.42. The number of likely N-dealkylation sites (tertiary alicyclic amines) is 1. The predicted molar refractivity (Wildman–Crippen MR) is 87.5 cm³/mol. The van der Waals surface area contributed by atoms with E-state index in [1.165, 1.54) is 17.0 Å². The molecule has 1 aliphatic rings. The van der Waals surface area contributed by atoms with Gasteiger partial charge < -0.3 is 10.2 Å². The van der Waals surface area contributed by atoms with Crippen LogP contribution in [0.4, 0.5) is 5.00 Å². The number of nitrogens with zero attached hydrogens (tertiary/aromatic N) is 2. The molecule has 1 aromatic rings. The van der Waals surface area contributed by atoms with Crippen LogP contribution in [0.15, 0.2) is 12.1 Å². The van der Waals surface area contributed by atoms with Crippen LogP contribution in [0.1, 0.15) is 43.3 Å². The highest BCUT2D eigenvalue weighted by molar-refractivity contribution is 7.17. The molecule has 0 saturated carbocycles. The van der Waals surface area contributed by atoms with Crippen molar-refractivity contribution < 1.29 is 14.5 Å². The lowest BCUT2D eigenvalue weighted by atomic mass is 9.97. The lowest BCUT2D eigenvalue weighted by Crippen LogP contribution is -2.47. The van der Waals surface area contributed by atoms with Gasteiger partial charge in [0.1, 0.15) is 6.04 Å². The minimum absolute atomic E-state index is 0.0303. The molecule has 0 aliphatic carbocycles. The summed E-state index contributed by atoms with van der Waals surface area (Å²) >= 11 is 0.845. The molecule has 2 heterocycles. The lowest BCUT2D eigenvalue weighted by molar-refractivity contribution is -0.380. The first-order chi connectivity index (χ1) is 10.7. The molecule has 0 radical (unpaired) electrons. The van der Waals surface area contributed by atoms with E-state index >= 15 is 0 Å². The summed E-state index contributed by atoms with van der Waals surface area (Å²) in [6.45, 7) is 7.11. The summed E-state index contributed by atoms with van der Waals surface area (Å²) in [6.07, 6.45) is 1.38. The molecule has 1 saturated heterocycles. The quantitative estimate of drug-likeness (QED) is 0.673. The Labute approximate surface area is 138 Å². The van der Waals surface area contributed by atoms with Crippen molar-refractivity contribution in [2.75, 3.05) is 13.1 Å². The van der Waals surface area contributed by atoms with Crippen molar-refractivity contribution in [2.24, 2.45) is 5.41 Å². The summed E-state index contributed by atoms with van der Waals surface area (Å²) in [4.78, 5) is 36.9. The van der Waals surface area contributed by atoms with E-state index in [0.717, 1.165) is 17.8 Å². The molecule has 23 heavy (non-hydrogen) atoms. The molecule has 1 N–H and O–H groups in total. The van der Waals surface area contributed by atoms with Crippen LogP contribution in [-0.2, 0) is 4.79 Å². The number of thiophene rings is 1. The van der Waals surface area contributed by atoms with Crippen molar-refractivity contribution in [1.29, 1.82) is 0 Å². The number of nitro groups is 1. The second-order valence-electron chi connectivity index (χ2n) is 6.83. The van der Waals surface area contributed by atoms with Gasteiger partial charge in [-0.3, -0.25) is 19.7 Å². The molecule has 2 amide bonds. The molecule has 1 atom stereocenters. The number of hydrogen-bond donors (Lipinski definition) is 1. The van der Waals surface area contributed by atoms with Crippen molar-refractivity contribution >= 4 is 28.2 Å². The first kappa shape index (κ1) is 17.4. The van der Waals surface area contributed by atoms with E-state index in [2.05, 4.69) is 5.32 Å². The maximum absolute atomic E-state index is 12.5. The zero-order chi connectivity index (χ0) is 17.2. The number of amides is 2. The molecule has 0 aromatic carbocycles. The first-order valence-electron chi connectivity index (χ1n) is 7.52. The molecule has 1 aromatic heterocycles. The van der Waals surface area contributed by atoms with Crippen LogP contribution < -0.4 is 5.32 Å². The summed E-state index contributed by atoms with van der Waals surface area (Å²) in [6, 6.07) is 2.28. The number of nitrogens with one attached hydrogen (secondary N) is 1. The average molecular weight is 339 g/mol. The monoisotopic (exact) mass is 339 g/mol. The van der Waals surface area contributed by atoms with E-state index < -0.39 is 11.0 Å². The zero-order valence-electron chi connectivity index (χ0n) is 13.5. The van der Waals surface area contributed by atoms with Crippen LogP contribution in [0.25, 0.3) is 0 Å². The Morgan fingerprint density at radius 2 is 2.13 bits per heavy atom. The van der Waals surface area contributed by atoms with E-state index in [0.29, 0.717) is 24.4 Å². The Morgan fingerprint density at radius 1 is 1.43 bits per heavy atom. The number of rotatable bonds is 4. The summed E-state index contributed by atoms with van der Waals surface area (Å²) in [7, 11) is 0. The van der Waals surface area contributed by atoms with Gasteiger partial charge in [-0.15, -0.1) is 0 Å². The second-order valence-corrected chi connectivity index (χ2v) is 7.89. The smallest absolute Gasteiger partial charge is 0.324 e. The van der Waals surface area contributed by atoms with Gasteiger partial charge in [0.15, 0.2) is 0 Å². The molecule has 1 fully saturated rings. The summed E-state index contributed by atoms with van der Waals surface area (Å²) < 4.78 is 0. The highest BCUT2D eigenvalue weighted by Crippen LogP contribution is 2.28. The fraction of sp³-hybridized carbons (Fsp3) is 0.600. The lowest BCUT2D eigenvalue weighted by Gasteiger charge is -2.25. The fourth-order valence-electron chi connectivity index (χ4n) is 2.43. The van der Waals surface area contributed by atoms with Gasteiger partial charge in [-0.25, -0.2) is 0 Å². The molecule has 0 spiro atoms. The van der Waals surface area contributed by atoms with Crippen LogP contribution >= 0.6 is 11.3 Å². The van der Waals surface area contributed by atoms with Gasteiger partial charge >= 0.3 is 5.00 Å². The molecule has 0 unspecified atom stereocenters. The number of carbonyl (C=O) groups excluding carboxylic acids is 2. The Morgan fingerprint density at radius 3 is 2.70 bits per heavy atom. The van der Waals surface area contributed by atoms with Crippen molar-refractivity contribution in [3.05, 3.63) is 27.1 Å². The van der Waals surface area contributed by atoms with Crippen LogP contribution in [0.5, 0.6) is 0 Å². The largest absolute Gasteiger partial charge is 0.354 e. The highest BCUT2D eigenvalue weighted by Gasteiger charge is 2.35. The van der Waals surface area contributed by atoms with Crippen LogP contribution in [-0.4, -0.2) is 40.8 Å². The molecule has 2 rings (SSSR count). The molecular formula is C15H21N3O4S. The summed E-state index contributed by atoms with van der Waals surface area (Å²) in [5.41, 5.74) is -0.0303. The van der Waals surface area contributed by atoms with Gasteiger partial charge in [-0.1, -0.05) is 32.1 Å². The second kappa shape index (κ2) is 6.66. The van der Waals surface area contributed by atoms with E-state index in [1.807, 2.05) is 20.8 Å². The molecule has 126 valence electrons. The van der Waals surface area contributed by atoms with Gasteiger partial charge in [0, 0.05) is 19.2 Å². The number of hydrogen-bond acceptors (Lipinski definition) is 5. The third-order valence-electron chi connectivity index (χ3n) is 3.59. The SMILES string of the molecule is CC(C)(C)CNC(=O)[C@@H]1CCCN1C(=O)c1ccc([N+](=O)[O-])s1. The molecule has 8 heteroatoms. The van der Waals surface area contributed by atoms with E-state index in [4.69, 9.17) is 0 Å². The van der Waals surface area contributed by atoms with Crippen molar-refractivity contribution in [3.63, 3.8) is 0 Å². The van der Waals surface area contributed by atoms with Crippen molar-refractivity contribution in [2.45, 2.75) is 39.7 Å². The van der Waals surface area contributed by atoms with Gasteiger partial charge in [0.25, 0.3) is 5.91 Å². The minimum Gasteiger partial charge on any atom is -0.354 e. The van der Waals surface area contributed by atoms with Gasteiger partial charge in [-0.2, -0.15) is 0 Å². The summed E-state index contributed by atoms with van der Waals surface area (Å²) in [5.74, 6) is -0.465. The van der Waals surface area contributed by atoms with Crippen molar-refractivity contribution in [3.8, 4) is 0 Å². The molecule has 7 nitrogen and oxygen atoms in total. The molecule has 1 aliphatic heterocycles. The van der Waals surface area contributed by atoms with E-state index in [-0.39, 0.29) is 22.2 Å². The van der Waals surface area contributed by atoms with Crippen molar-refractivity contribution in [1.82, 2.24) is 10.2 Å². The maximum atomic E-state index is 12.5. The number of carbonyl (C=O) groups is 2. The Hall–Kier alpha value is -1.96. The summed E-state index contributed by atoms with van der Waals surface area (Å²) in [5, 5.41) is 13.6. The topological polar surface area (TPSA) is 92.6 Å². The van der Waals surface area contributed by atoms with Gasteiger partial charge in [-0.05, 0) is 24.3 Å². The first-order valence-corrected chi connectivity index (χ1v) is 8.33. The van der Waals surface area contributed by atoms with Crippen LogP contribution in [0.2, 0.25) is 0 Å². The van der Waals surface area contributed by atoms with E-state index in [1.54, 1.807) is 0 Å². The van der Waals surface area contributed by atoms with Gasteiger partial charge in [0.2, 0.25) is 5.91 Å². The van der Waals surface area contributed by atoms with Crippen LogP contribution in [0.3, 0.4) is 0 Å².